The first-order valence-electron chi connectivity index (χ1n) is 6.34. The summed E-state index contributed by atoms with van der Waals surface area (Å²) in [5, 5.41) is 3.25. The van der Waals surface area contributed by atoms with Crippen LogP contribution in [0.2, 0.25) is 0 Å². The zero-order valence-corrected chi connectivity index (χ0v) is 11.9. The zero-order valence-electron chi connectivity index (χ0n) is 11.1. The van der Waals surface area contributed by atoms with Crippen LogP contribution >= 0.6 is 12.4 Å². The monoisotopic (exact) mass is 286 g/mol. The quantitative estimate of drug-likeness (QED) is 0.920. The van der Waals surface area contributed by atoms with E-state index >= 15 is 0 Å². The molecule has 1 aromatic rings. The Balaban J connectivity index is 0.00000180. The molecule has 1 aliphatic heterocycles. The van der Waals surface area contributed by atoms with Crippen LogP contribution in [0.3, 0.4) is 0 Å². The molecular weight excluding hydrogens is 267 g/mol. The zero-order chi connectivity index (χ0) is 13.0. The number of carbonyl (C=O) groups excluding carboxylic acids is 1. The smallest absolute Gasteiger partial charge is 0.222 e. The fourth-order valence-electron chi connectivity index (χ4n) is 2.29. The van der Waals surface area contributed by atoms with Gasteiger partial charge in [-0.05, 0) is 43.1 Å². The van der Waals surface area contributed by atoms with Crippen molar-refractivity contribution in [2.45, 2.75) is 19.4 Å². The van der Waals surface area contributed by atoms with Gasteiger partial charge in [0.2, 0.25) is 5.91 Å². The second-order valence-corrected chi connectivity index (χ2v) is 4.94. The Hall–Kier alpha value is -1.13. The van der Waals surface area contributed by atoms with Crippen LogP contribution < -0.4 is 5.32 Å². The number of carbonyl (C=O) groups is 1. The van der Waals surface area contributed by atoms with Gasteiger partial charge in [0.25, 0.3) is 0 Å². The van der Waals surface area contributed by atoms with E-state index in [1.54, 1.807) is 18.0 Å². The van der Waals surface area contributed by atoms with Gasteiger partial charge in [0, 0.05) is 20.0 Å². The lowest BCUT2D eigenvalue weighted by Gasteiger charge is -2.19. The number of hydrogen-bond donors (Lipinski definition) is 1. The molecule has 0 bridgehead atoms. The SMILES string of the molecule is CN(Cc1cccc(F)c1)C(=O)CC1CCNC1.Cl. The lowest BCUT2D eigenvalue weighted by molar-refractivity contribution is -0.131. The Bertz CT molecular complexity index is 422. The van der Waals surface area contributed by atoms with Crippen LogP contribution in [-0.2, 0) is 11.3 Å². The molecule has 1 aromatic carbocycles. The number of benzene rings is 1. The summed E-state index contributed by atoms with van der Waals surface area (Å²) < 4.78 is 13.0. The molecule has 1 N–H and O–H groups in total. The van der Waals surface area contributed by atoms with Crippen molar-refractivity contribution in [1.29, 1.82) is 0 Å². The normalized spacial score (nSPS) is 17.9. The van der Waals surface area contributed by atoms with Crippen molar-refractivity contribution >= 4 is 18.3 Å². The molecule has 0 aromatic heterocycles. The second-order valence-electron chi connectivity index (χ2n) is 4.94. The number of nitrogens with zero attached hydrogens (tertiary/aromatic N) is 1. The van der Waals surface area contributed by atoms with Crippen molar-refractivity contribution in [3.05, 3.63) is 35.6 Å². The van der Waals surface area contributed by atoms with Crippen LogP contribution in [0.4, 0.5) is 4.39 Å². The summed E-state index contributed by atoms with van der Waals surface area (Å²) in [6.07, 6.45) is 1.65. The topological polar surface area (TPSA) is 32.3 Å². The fourth-order valence-corrected chi connectivity index (χ4v) is 2.29. The van der Waals surface area contributed by atoms with Crippen molar-refractivity contribution in [3.63, 3.8) is 0 Å². The fraction of sp³-hybridized carbons (Fsp3) is 0.500. The van der Waals surface area contributed by atoms with E-state index in [0.717, 1.165) is 25.1 Å². The molecular formula is C14H20ClFN2O. The molecule has 1 heterocycles. The van der Waals surface area contributed by atoms with E-state index in [-0.39, 0.29) is 24.1 Å². The van der Waals surface area contributed by atoms with Crippen LogP contribution in [0.15, 0.2) is 24.3 Å². The van der Waals surface area contributed by atoms with Gasteiger partial charge in [-0.1, -0.05) is 12.1 Å². The number of halogens is 2. The third-order valence-corrected chi connectivity index (χ3v) is 3.36. The first-order valence-corrected chi connectivity index (χ1v) is 6.34. The minimum Gasteiger partial charge on any atom is -0.341 e. The van der Waals surface area contributed by atoms with E-state index in [1.807, 2.05) is 6.07 Å². The predicted molar refractivity (Wildman–Crippen MR) is 75.7 cm³/mol. The van der Waals surface area contributed by atoms with Crippen LogP contribution in [0.1, 0.15) is 18.4 Å². The predicted octanol–water partition coefficient (Wildman–Crippen LogP) is 2.21. The van der Waals surface area contributed by atoms with Crippen LogP contribution in [0.25, 0.3) is 0 Å². The van der Waals surface area contributed by atoms with Gasteiger partial charge in [-0.2, -0.15) is 0 Å². The summed E-state index contributed by atoms with van der Waals surface area (Å²) in [5.41, 5.74) is 0.829. The maximum Gasteiger partial charge on any atom is 0.222 e. The van der Waals surface area contributed by atoms with E-state index in [9.17, 15) is 9.18 Å². The van der Waals surface area contributed by atoms with Crippen molar-refractivity contribution in [1.82, 2.24) is 10.2 Å². The van der Waals surface area contributed by atoms with Gasteiger partial charge in [0.1, 0.15) is 5.82 Å². The molecule has 1 fully saturated rings. The summed E-state index contributed by atoms with van der Waals surface area (Å²) in [6.45, 7) is 2.40. The summed E-state index contributed by atoms with van der Waals surface area (Å²) >= 11 is 0. The van der Waals surface area contributed by atoms with Crippen molar-refractivity contribution in [2.24, 2.45) is 5.92 Å². The summed E-state index contributed by atoms with van der Waals surface area (Å²) in [4.78, 5) is 13.7. The number of amides is 1. The van der Waals surface area contributed by atoms with Gasteiger partial charge in [-0.3, -0.25) is 4.79 Å². The van der Waals surface area contributed by atoms with E-state index in [0.29, 0.717) is 18.9 Å². The lowest BCUT2D eigenvalue weighted by Crippen LogP contribution is -2.28. The molecule has 19 heavy (non-hydrogen) atoms. The molecule has 2 rings (SSSR count). The second kappa shape index (κ2) is 7.46. The summed E-state index contributed by atoms with van der Waals surface area (Å²) in [6, 6.07) is 6.39. The summed E-state index contributed by atoms with van der Waals surface area (Å²) in [7, 11) is 1.77. The minimum atomic E-state index is -0.256. The molecule has 0 radical (unpaired) electrons. The highest BCUT2D eigenvalue weighted by Gasteiger charge is 2.20. The Kier molecular flexibility index (Phi) is 6.25. The largest absolute Gasteiger partial charge is 0.341 e. The highest BCUT2D eigenvalue weighted by atomic mass is 35.5. The van der Waals surface area contributed by atoms with Gasteiger partial charge in [-0.15, -0.1) is 12.4 Å². The van der Waals surface area contributed by atoms with E-state index in [4.69, 9.17) is 0 Å². The maximum absolute atomic E-state index is 13.0. The first kappa shape index (κ1) is 15.9. The minimum absolute atomic E-state index is 0. The van der Waals surface area contributed by atoms with Crippen molar-refractivity contribution in [2.75, 3.05) is 20.1 Å². The van der Waals surface area contributed by atoms with Gasteiger partial charge >= 0.3 is 0 Å². The Morgan fingerprint density at radius 3 is 2.95 bits per heavy atom. The molecule has 5 heteroatoms. The lowest BCUT2D eigenvalue weighted by atomic mass is 10.0. The van der Waals surface area contributed by atoms with Gasteiger partial charge in [0.05, 0.1) is 0 Å². The molecule has 3 nitrogen and oxygen atoms in total. The molecule has 0 aliphatic carbocycles. The van der Waals surface area contributed by atoms with E-state index < -0.39 is 0 Å². The third-order valence-electron chi connectivity index (χ3n) is 3.36. The maximum atomic E-state index is 13.0. The van der Waals surface area contributed by atoms with Crippen LogP contribution in [0.5, 0.6) is 0 Å². The average molecular weight is 287 g/mol. The first-order chi connectivity index (χ1) is 8.65. The molecule has 106 valence electrons. The molecule has 1 saturated heterocycles. The summed E-state index contributed by atoms with van der Waals surface area (Å²) in [5.74, 6) is 0.328. The van der Waals surface area contributed by atoms with Crippen LogP contribution in [-0.4, -0.2) is 30.9 Å². The average Bonchev–Trinajstić information content (AvgIpc) is 2.81. The highest BCUT2D eigenvalue weighted by Crippen LogP contribution is 2.14. The molecule has 1 aliphatic rings. The Morgan fingerprint density at radius 1 is 1.53 bits per heavy atom. The molecule has 1 atom stereocenters. The number of rotatable bonds is 4. The van der Waals surface area contributed by atoms with Crippen molar-refractivity contribution in [3.8, 4) is 0 Å². The third kappa shape index (κ3) is 4.80. The molecule has 0 spiro atoms. The Morgan fingerprint density at radius 2 is 2.32 bits per heavy atom. The number of hydrogen-bond acceptors (Lipinski definition) is 2. The standard InChI is InChI=1S/C14H19FN2O.ClH/c1-17(10-12-3-2-4-13(15)7-12)14(18)8-11-5-6-16-9-11;/h2-4,7,11,16H,5-6,8-10H2,1H3;1H. The highest BCUT2D eigenvalue weighted by molar-refractivity contribution is 5.85. The van der Waals surface area contributed by atoms with Gasteiger partial charge < -0.3 is 10.2 Å². The van der Waals surface area contributed by atoms with Crippen LogP contribution in [0, 0.1) is 11.7 Å². The molecule has 1 amide bonds. The van der Waals surface area contributed by atoms with Gasteiger partial charge in [-0.25, -0.2) is 4.39 Å². The Labute approximate surface area is 119 Å². The van der Waals surface area contributed by atoms with Crippen molar-refractivity contribution < 1.29 is 9.18 Å². The van der Waals surface area contributed by atoms with E-state index in [2.05, 4.69) is 5.32 Å². The molecule has 0 saturated carbocycles. The number of nitrogens with one attached hydrogen (secondary N) is 1. The van der Waals surface area contributed by atoms with Gasteiger partial charge in [0.15, 0.2) is 0 Å². The van der Waals surface area contributed by atoms with E-state index in [1.165, 1.54) is 12.1 Å². The molecule has 1 unspecified atom stereocenters.